The second-order valence-corrected chi connectivity index (χ2v) is 8.89. The van der Waals surface area contributed by atoms with E-state index < -0.39 is 0 Å². The summed E-state index contributed by atoms with van der Waals surface area (Å²) >= 11 is 0. The molecule has 0 unspecified atom stereocenters. The summed E-state index contributed by atoms with van der Waals surface area (Å²) in [6.07, 6.45) is 6.54. The number of hydrogen-bond acceptors (Lipinski definition) is 8. The number of nitrogens with one attached hydrogen (secondary N) is 1. The van der Waals surface area contributed by atoms with Crippen LogP contribution in [0.5, 0.6) is 0 Å². The first-order valence-corrected chi connectivity index (χ1v) is 11.6. The molecule has 12 heteroatoms. The molecule has 1 aliphatic heterocycles. The van der Waals surface area contributed by atoms with E-state index in [1.807, 2.05) is 6.92 Å². The minimum absolute atomic E-state index is 0.0706. The largest absolute Gasteiger partial charge is 0.361 e. The SMILES string of the molecule is Cc1cc(CC(=O)N2CCC[C@H](n3c(=O)[nH]c4cnc(-c5cnn6ccc(C#N)cc56)nc43)C2)on1. The second-order valence-electron chi connectivity index (χ2n) is 8.89. The number of hydrogen-bond donors (Lipinski definition) is 1. The molecule has 5 aromatic heterocycles. The number of pyridine rings is 1. The van der Waals surface area contributed by atoms with Gasteiger partial charge in [0, 0.05) is 25.4 Å². The highest BCUT2D eigenvalue weighted by atomic mass is 16.5. The standard InChI is InChI=1S/C24H21N9O3/c1-14-7-17(36-30-14)9-21(34)31-5-2-3-16(13-31)33-23-19(28-24(33)35)12-26-22(29-23)18-11-27-32-6-4-15(10-25)8-20(18)32/h4,6-8,11-12,16H,2-3,5,9,13H2,1H3,(H,28,35)/t16-/m0/s1. The number of likely N-dealkylation sites (tertiary alicyclic amines) is 1. The van der Waals surface area contributed by atoms with Crippen molar-refractivity contribution in [3.63, 3.8) is 0 Å². The normalized spacial score (nSPS) is 16.0. The van der Waals surface area contributed by atoms with E-state index in [0.717, 1.165) is 18.5 Å². The molecule has 0 bridgehead atoms. The van der Waals surface area contributed by atoms with Crippen LogP contribution in [0.25, 0.3) is 28.1 Å². The average Bonchev–Trinajstić information content (AvgIpc) is 3.59. The summed E-state index contributed by atoms with van der Waals surface area (Å²) in [6.45, 7) is 2.81. The summed E-state index contributed by atoms with van der Waals surface area (Å²) in [5, 5.41) is 17.4. The molecule has 0 aliphatic carbocycles. The quantitative estimate of drug-likeness (QED) is 0.408. The van der Waals surface area contributed by atoms with Gasteiger partial charge in [-0.2, -0.15) is 10.4 Å². The number of H-pyrrole nitrogens is 1. The maximum absolute atomic E-state index is 13.0. The summed E-state index contributed by atoms with van der Waals surface area (Å²) in [5.41, 5.74) is 3.24. The third-order valence-electron chi connectivity index (χ3n) is 6.47. The Kier molecular flexibility index (Phi) is 5.10. The fourth-order valence-electron chi connectivity index (χ4n) is 4.76. The van der Waals surface area contributed by atoms with E-state index >= 15 is 0 Å². The fourth-order valence-corrected chi connectivity index (χ4v) is 4.76. The molecule has 0 radical (unpaired) electrons. The summed E-state index contributed by atoms with van der Waals surface area (Å²) in [6, 6.07) is 7.04. The zero-order valence-electron chi connectivity index (χ0n) is 19.4. The van der Waals surface area contributed by atoms with Crippen LogP contribution in [0, 0.1) is 18.3 Å². The van der Waals surface area contributed by atoms with Crippen molar-refractivity contribution in [3.05, 3.63) is 64.3 Å². The molecule has 5 aromatic rings. The van der Waals surface area contributed by atoms with Gasteiger partial charge < -0.3 is 14.4 Å². The molecular weight excluding hydrogens is 462 g/mol. The van der Waals surface area contributed by atoms with Crippen molar-refractivity contribution >= 4 is 22.6 Å². The number of rotatable bonds is 4. The molecule has 0 spiro atoms. The zero-order chi connectivity index (χ0) is 24.8. The Hall–Kier alpha value is -4.79. The van der Waals surface area contributed by atoms with Crippen LogP contribution in [0.2, 0.25) is 0 Å². The second kappa shape index (κ2) is 8.46. The molecule has 6 rings (SSSR count). The number of carbonyl (C=O) groups is 1. The Morgan fingerprint density at radius 2 is 2.22 bits per heavy atom. The first kappa shape index (κ1) is 21.7. The van der Waals surface area contributed by atoms with Crippen LogP contribution in [-0.2, 0) is 11.2 Å². The van der Waals surface area contributed by atoms with Gasteiger partial charge in [-0.15, -0.1) is 0 Å². The molecule has 180 valence electrons. The van der Waals surface area contributed by atoms with Gasteiger partial charge in [0.25, 0.3) is 0 Å². The van der Waals surface area contributed by atoms with Crippen LogP contribution < -0.4 is 5.69 Å². The summed E-state index contributed by atoms with van der Waals surface area (Å²) in [5.74, 6) is 0.845. The van der Waals surface area contributed by atoms with Gasteiger partial charge in [-0.3, -0.25) is 9.36 Å². The predicted molar refractivity (Wildman–Crippen MR) is 127 cm³/mol. The summed E-state index contributed by atoms with van der Waals surface area (Å²) in [4.78, 5) is 39.6. The molecule has 6 heterocycles. The highest BCUT2D eigenvalue weighted by molar-refractivity contribution is 5.80. The number of nitriles is 1. The summed E-state index contributed by atoms with van der Waals surface area (Å²) in [7, 11) is 0. The molecule has 12 nitrogen and oxygen atoms in total. The third kappa shape index (κ3) is 3.70. The van der Waals surface area contributed by atoms with Gasteiger partial charge in [0.15, 0.2) is 11.5 Å². The van der Waals surface area contributed by atoms with Gasteiger partial charge in [-0.25, -0.2) is 19.3 Å². The number of amides is 1. The molecule has 36 heavy (non-hydrogen) atoms. The number of piperidine rings is 1. The maximum Gasteiger partial charge on any atom is 0.328 e. The lowest BCUT2D eigenvalue weighted by molar-refractivity contribution is -0.132. The van der Waals surface area contributed by atoms with Gasteiger partial charge in [0.2, 0.25) is 5.91 Å². The lowest BCUT2D eigenvalue weighted by atomic mass is 10.0. The molecule has 0 saturated carbocycles. The van der Waals surface area contributed by atoms with Gasteiger partial charge in [0.05, 0.1) is 53.3 Å². The number of nitrogens with zero attached hydrogens (tertiary/aromatic N) is 8. The molecule has 1 atom stereocenters. The molecule has 1 amide bonds. The minimum atomic E-state index is -0.298. The van der Waals surface area contributed by atoms with Crippen molar-refractivity contribution in [2.24, 2.45) is 0 Å². The number of aryl methyl sites for hydroxylation is 1. The molecule has 1 N–H and O–H groups in total. The highest BCUT2D eigenvalue weighted by Gasteiger charge is 2.28. The number of imidazole rings is 1. The Labute approximate surface area is 203 Å². The van der Waals surface area contributed by atoms with Crippen LogP contribution in [0.15, 0.2) is 46.1 Å². The molecule has 1 aliphatic rings. The lowest BCUT2D eigenvalue weighted by Gasteiger charge is -2.33. The third-order valence-corrected chi connectivity index (χ3v) is 6.47. The highest BCUT2D eigenvalue weighted by Crippen LogP contribution is 2.27. The maximum atomic E-state index is 13.0. The number of aromatic amines is 1. The lowest BCUT2D eigenvalue weighted by Crippen LogP contribution is -2.43. The molecular formula is C24H21N9O3. The van der Waals surface area contributed by atoms with Crippen LogP contribution >= 0.6 is 0 Å². The monoisotopic (exact) mass is 483 g/mol. The smallest absolute Gasteiger partial charge is 0.328 e. The van der Waals surface area contributed by atoms with Crippen molar-refractivity contribution in [3.8, 4) is 17.5 Å². The van der Waals surface area contributed by atoms with E-state index in [1.165, 1.54) is 0 Å². The van der Waals surface area contributed by atoms with E-state index in [-0.39, 0.29) is 24.1 Å². The molecule has 1 fully saturated rings. The molecule has 0 aromatic carbocycles. The van der Waals surface area contributed by atoms with Crippen molar-refractivity contribution in [2.45, 2.75) is 32.2 Å². The first-order chi connectivity index (χ1) is 17.5. The Bertz CT molecular complexity index is 1720. The summed E-state index contributed by atoms with van der Waals surface area (Å²) < 4.78 is 8.46. The average molecular weight is 483 g/mol. The van der Waals surface area contributed by atoms with Crippen molar-refractivity contribution in [1.29, 1.82) is 5.26 Å². The Morgan fingerprint density at radius 3 is 3.03 bits per heavy atom. The number of aromatic nitrogens is 7. The van der Waals surface area contributed by atoms with Crippen molar-refractivity contribution < 1.29 is 9.32 Å². The van der Waals surface area contributed by atoms with E-state index in [2.05, 4.69) is 26.3 Å². The van der Waals surface area contributed by atoms with Gasteiger partial charge in [-0.1, -0.05) is 5.16 Å². The van der Waals surface area contributed by atoms with Crippen molar-refractivity contribution in [2.75, 3.05) is 13.1 Å². The van der Waals surface area contributed by atoms with Gasteiger partial charge >= 0.3 is 5.69 Å². The predicted octanol–water partition coefficient (Wildman–Crippen LogP) is 2.01. The van der Waals surface area contributed by atoms with Crippen LogP contribution in [-0.4, -0.2) is 58.2 Å². The van der Waals surface area contributed by atoms with Crippen molar-refractivity contribution in [1.82, 2.24) is 39.2 Å². The van der Waals surface area contributed by atoms with E-state index in [0.29, 0.717) is 52.5 Å². The topological polar surface area (TPSA) is 151 Å². The van der Waals surface area contributed by atoms with E-state index in [4.69, 9.17) is 9.51 Å². The molecule has 1 saturated heterocycles. The van der Waals surface area contributed by atoms with Gasteiger partial charge in [-0.05, 0) is 31.9 Å². The van der Waals surface area contributed by atoms with Crippen LogP contribution in [0.1, 0.15) is 35.9 Å². The van der Waals surface area contributed by atoms with Crippen LogP contribution in [0.4, 0.5) is 0 Å². The zero-order valence-corrected chi connectivity index (χ0v) is 19.4. The first-order valence-electron chi connectivity index (χ1n) is 11.6. The Balaban J connectivity index is 1.34. The van der Waals surface area contributed by atoms with E-state index in [9.17, 15) is 14.9 Å². The number of fused-ring (bicyclic) bond motifs is 2. The van der Waals surface area contributed by atoms with Gasteiger partial charge in [0.1, 0.15) is 11.3 Å². The Morgan fingerprint density at radius 1 is 1.33 bits per heavy atom. The fraction of sp³-hybridized carbons (Fsp3) is 0.292. The van der Waals surface area contributed by atoms with Crippen LogP contribution in [0.3, 0.4) is 0 Å². The number of carbonyl (C=O) groups excluding carboxylic acids is 1. The minimum Gasteiger partial charge on any atom is -0.361 e. The van der Waals surface area contributed by atoms with E-state index in [1.54, 1.807) is 50.8 Å².